The highest BCUT2D eigenvalue weighted by Gasteiger charge is 2.34. The smallest absolute Gasteiger partial charge is 0.161 e. The van der Waals surface area contributed by atoms with Gasteiger partial charge in [0.25, 0.3) is 0 Å². The summed E-state index contributed by atoms with van der Waals surface area (Å²) in [6.07, 6.45) is 1.55. The Morgan fingerprint density at radius 3 is 2.60 bits per heavy atom. The Labute approximate surface area is 147 Å². The highest BCUT2D eigenvalue weighted by atomic mass is 16.5. The fraction of sp³-hybridized carbons (Fsp3) is 0.556. The molecular formula is C18H26N4O3. The standard InChI is InChI=1S/C18H26N4O3/c1-4-22-18(12-9-13(19)14(23)10-12)20-17(21-22)8-11-5-6-15(24-2)16(7-11)25-3/h5-7,12-14,23H,4,8-10,19H2,1-3H3/t12-,13+,14+/m0/s1. The molecule has 7 nitrogen and oxygen atoms in total. The molecule has 1 heterocycles. The maximum atomic E-state index is 9.93. The zero-order chi connectivity index (χ0) is 18.0. The van der Waals surface area contributed by atoms with Crippen molar-refractivity contribution in [2.24, 2.45) is 5.73 Å². The van der Waals surface area contributed by atoms with E-state index in [-0.39, 0.29) is 12.0 Å². The lowest BCUT2D eigenvalue weighted by atomic mass is 10.1. The highest BCUT2D eigenvalue weighted by molar-refractivity contribution is 5.43. The number of hydrogen-bond donors (Lipinski definition) is 2. The van der Waals surface area contributed by atoms with E-state index in [0.29, 0.717) is 24.3 Å². The molecule has 0 spiro atoms. The number of benzene rings is 1. The van der Waals surface area contributed by atoms with Crippen LogP contribution in [0.5, 0.6) is 11.5 Å². The van der Waals surface area contributed by atoms with E-state index in [1.54, 1.807) is 14.2 Å². The largest absolute Gasteiger partial charge is 0.493 e. The Balaban J connectivity index is 1.82. The number of methoxy groups -OCH3 is 2. The molecule has 0 aliphatic heterocycles. The van der Waals surface area contributed by atoms with Crippen molar-refractivity contribution in [3.63, 3.8) is 0 Å². The van der Waals surface area contributed by atoms with E-state index in [1.807, 2.05) is 29.8 Å². The van der Waals surface area contributed by atoms with Gasteiger partial charge in [-0.15, -0.1) is 0 Å². The van der Waals surface area contributed by atoms with Crippen molar-refractivity contribution < 1.29 is 14.6 Å². The second kappa shape index (κ2) is 7.41. The van der Waals surface area contributed by atoms with E-state index < -0.39 is 6.10 Å². The van der Waals surface area contributed by atoms with E-state index in [1.165, 1.54) is 0 Å². The lowest BCUT2D eigenvalue weighted by Gasteiger charge is -2.09. The van der Waals surface area contributed by atoms with Crippen LogP contribution in [0.25, 0.3) is 0 Å². The predicted molar refractivity (Wildman–Crippen MR) is 94.0 cm³/mol. The number of nitrogens with two attached hydrogens (primary N) is 1. The number of hydrogen-bond acceptors (Lipinski definition) is 6. The zero-order valence-electron chi connectivity index (χ0n) is 15.0. The Morgan fingerprint density at radius 2 is 2.00 bits per heavy atom. The molecule has 7 heteroatoms. The Kier molecular flexibility index (Phi) is 5.24. The third-order valence-corrected chi connectivity index (χ3v) is 4.80. The van der Waals surface area contributed by atoms with Crippen molar-refractivity contribution in [3.05, 3.63) is 35.4 Å². The number of rotatable bonds is 6. The molecule has 1 aromatic heterocycles. The van der Waals surface area contributed by atoms with Gasteiger partial charge in [-0.3, -0.25) is 0 Å². The summed E-state index contributed by atoms with van der Waals surface area (Å²) < 4.78 is 12.6. The summed E-state index contributed by atoms with van der Waals surface area (Å²) in [6.45, 7) is 2.79. The van der Waals surface area contributed by atoms with Crippen molar-refractivity contribution >= 4 is 0 Å². The molecule has 2 aromatic rings. The van der Waals surface area contributed by atoms with Crippen LogP contribution < -0.4 is 15.2 Å². The lowest BCUT2D eigenvalue weighted by molar-refractivity contribution is 0.163. The lowest BCUT2D eigenvalue weighted by Crippen LogP contribution is -2.28. The van der Waals surface area contributed by atoms with Crippen LogP contribution in [-0.2, 0) is 13.0 Å². The van der Waals surface area contributed by atoms with Gasteiger partial charge >= 0.3 is 0 Å². The van der Waals surface area contributed by atoms with Gasteiger partial charge in [0.1, 0.15) is 5.82 Å². The topological polar surface area (TPSA) is 95.4 Å². The summed E-state index contributed by atoms with van der Waals surface area (Å²) in [4.78, 5) is 4.74. The van der Waals surface area contributed by atoms with Crippen LogP contribution in [0.3, 0.4) is 0 Å². The van der Waals surface area contributed by atoms with Crippen LogP contribution in [0.4, 0.5) is 0 Å². The Bertz CT molecular complexity index is 721. The summed E-state index contributed by atoms with van der Waals surface area (Å²) in [7, 11) is 3.24. The first kappa shape index (κ1) is 17.7. The summed E-state index contributed by atoms with van der Waals surface area (Å²) in [6, 6.07) is 5.64. The molecule has 0 bridgehead atoms. The molecule has 1 aliphatic rings. The van der Waals surface area contributed by atoms with Gasteiger partial charge in [0.05, 0.1) is 20.3 Å². The van der Waals surface area contributed by atoms with Gasteiger partial charge in [0, 0.05) is 24.9 Å². The number of nitrogens with zero attached hydrogens (tertiary/aromatic N) is 3. The number of aliphatic hydroxyl groups is 1. The van der Waals surface area contributed by atoms with E-state index in [2.05, 4.69) is 5.10 Å². The zero-order valence-corrected chi connectivity index (χ0v) is 15.0. The van der Waals surface area contributed by atoms with Gasteiger partial charge in [0.15, 0.2) is 17.3 Å². The Morgan fingerprint density at radius 1 is 1.24 bits per heavy atom. The third-order valence-electron chi connectivity index (χ3n) is 4.80. The van der Waals surface area contributed by atoms with Crippen LogP contribution in [0.1, 0.15) is 42.9 Å². The van der Waals surface area contributed by atoms with Crippen molar-refractivity contribution in [1.82, 2.24) is 14.8 Å². The summed E-state index contributed by atoms with van der Waals surface area (Å²) in [5.74, 6) is 3.24. The molecule has 1 fully saturated rings. The van der Waals surface area contributed by atoms with Gasteiger partial charge in [-0.2, -0.15) is 5.10 Å². The van der Waals surface area contributed by atoms with Crippen molar-refractivity contribution in [1.29, 1.82) is 0 Å². The van der Waals surface area contributed by atoms with Gasteiger partial charge in [-0.1, -0.05) is 6.07 Å². The van der Waals surface area contributed by atoms with E-state index in [0.717, 1.165) is 30.2 Å². The van der Waals surface area contributed by atoms with E-state index in [9.17, 15) is 5.11 Å². The number of aryl methyl sites for hydroxylation is 1. The molecule has 1 saturated carbocycles. The second-order valence-corrected chi connectivity index (χ2v) is 6.47. The van der Waals surface area contributed by atoms with Crippen molar-refractivity contribution in [2.45, 2.75) is 50.8 Å². The first-order valence-electron chi connectivity index (χ1n) is 8.63. The first-order valence-corrected chi connectivity index (χ1v) is 8.63. The molecule has 3 N–H and O–H groups in total. The van der Waals surface area contributed by atoms with Gasteiger partial charge in [-0.25, -0.2) is 9.67 Å². The quantitative estimate of drug-likeness (QED) is 0.822. The molecular weight excluding hydrogens is 320 g/mol. The summed E-state index contributed by atoms with van der Waals surface area (Å²) in [5.41, 5.74) is 7.01. The van der Waals surface area contributed by atoms with Crippen LogP contribution >= 0.6 is 0 Å². The second-order valence-electron chi connectivity index (χ2n) is 6.47. The maximum Gasteiger partial charge on any atom is 0.161 e. The number of aliphatic hydroxyl groups excluding tert-OH is 1. The molecule has 0 saturated heterocycles. The molecule has 1 aromatic carbocycles. The molecule has 0 unspecified atom stereocenters. The minimum absolute atomic E-state index is 0.164. The molecule has 3 atom stereocenters. The van der Waals surface area contributed by atoms with E-state index in [4.69, 9.17) is 20.2 Å². The SMILES string of the molecule is CCn1nc(Cc2ccc(OC)c(OC)c2)nc1[C@H]1C[C@@H](N)[C@H](O)C1. The third kappa shape index (κ3) is 3.62. The average molecular weight is 346 g/mol. The summed E-state index contributed by atoms with van der Waals surface area (Å²) >= 11 is 0. The van der Waals surface area contributed by atoms with Crippen LogP contribution in [0, 0.1) is 0 Å². The monoisotopic (exact) mass is 346 g/mol. The summed E-state index contributed by atoms with van der Waals surface area (Å²) in [5, 5.41) is 14.6. The highest BCUT2D eigenvalue weighted by Crippen LogP contribution is 2.33. The molecule has 0 radical (unpaired) electrons. The predicted octanol–water partition coefficient (Wildman–Crippen LogP) is 1.47. The molecule has 1 aliphatic carbocycles. The van der Waals surface area contributed by atoms with Crippen molar-refractivity contribution in [3.8, 4) is 11.5 Å². The average Bonchev–Trinajstić information content (AvgIpc) is 3.17. The maximum absolute atomic E-state index is 9.93. The minimum Gasteiger partial charge on any atom is -0.493 e. The number of ether oxygens (including phenoxy) is 2. The molecule has 3 rings (SSSR count). The minimum atomic E-state index is -0.457. The van der Waals surface area contributed by atoms with Crippen LogP contribution in [0.15, 0.2) is 18.2 Å². The molecule has 0 amide bonds. The van der Waals surface area contributed by atoms with Crippen molar-refractivity contribution in [2.75, 3.05) is 14.2 Å². The van der Waals surface area contributed by atoms with Gasteiger partial charge in [0.2, 0.25) is 0 Å². The van der Waals surface area contributed by atoms with Crippen LogP contribution in [-0.4, -0.2) is 46.2 Å². The van der Waals surface area contributed by atoms with Gasteiger partial charge in [-0.05, 0) is 37.5 Å². The van der Waals surface area contributed by atoms with E-state index >= 15 is 0 Å². The number of aromatic nitrogens is 3. The first-order chi connectivity index (χ1) is 12.0. The Hall–Kier alpha value is -2.12. The van der Waals surface area contributed by atoms with Gasteiger partial charge < -0.3 is 20.3 Å². The molecule has 25 heavy (non-hydrogen) atoms. The van der Waals surface area contributed by atoms with Crippen LogP contribution in [0.2, 0.25) is 0 Å². The fourth-order valence-electron chi connectivity index (χ4n) is 3.44. The normalized spacial score (nSPS) is 23.0. The molecule has 136 valence electrons. The fourth-order valence-corrected chi connectivity index (χ4v) is 3.44.